The van der Waals surface area contributed by atoms with Gasteiger partial charge in [0.1, 0.15) is 0 Å². The van der Waals surface area contributed by atoms with Crippen LogP contribution in [0.1, 0.15) is 118 Å². The standard InChI is InChI=1S/C26H46O4/c1-5-7-9-11-13-15-19-29-25(27)23-21(3)17-18-22(4)24(23)26(28)30-20-16-14-12-10-8-6-2/h21-22H,5-20H2,1-4H3. The van der Waals surface area contributed by atoms with Gasteiger partial charge in [0.25, 0.3) is 0 Å². The minimum absolute atomic E-state index is 0.0508. The van der Waals surface area contributed by atoms with Crippen molar-refractivity contribution in [3.63, 3.8) is 0 Å². The van der Waals surface area contributed by atoms with Gasteiger partial charge in [-0.1, -0.05) is 91.9 Å². The van der Waals surface area contributed by atoms with Gasteiger partial charge in [-0.2, -0.15) is 0 Å². The Morgan fingerprint density at radius 1 is 0.633 bits per heavy atom. The molecule has 2 unspecified atom stereocenters. The van der Waals surface area contributed by atoms with Crippen LogP contribution >= 0.6 is 0 Å². The van der Waals surface area contributed by atoms with Gasteiger partial charge < -0.3 is 9.47 Å². The van der Waals surface area contributed by atoms with Crippen LogP contribution in [0, 0.1) is 11.8 Å². The van der Waals surface area contributed by atoms with Crippen LogP contribution in [0.2, 0.25) is 0 Å². The lowest BCUT2D eigenvalue weighted by Crippen LogP contribution is -2.28. The van der Waals surface area contributed by atoms with Crippen molar-refractivity contribution in [3.8, 4) is 0 Å². The maximum atomic E-state index is 12.8. The number of hydrogen-bond donors (Lipinski definition) is 0. The van der Waals surface area contributed by atoms with Gasteiger partial charge in [0, 0.05) is 0 Å². The summed E-state index contributed by atoms with van der Waals surface area (Å²) in [5.41, 5.74) is 1.13. The van der Waals surface area contributed by atoms with E-state index in [0.717, 1.165) is 38.5 Å². The van der Waals surface area contributed by atoms with Crippen molar-refractivity contribution in [2.45, 2.75) is 118 Å². The minimum Gasteiger partial charge on any atom is -0.462 e. The van der Waals surface area contributed by atoms with Crippen LogP contribution in [-0.2, 0) is 19.1 Å². The summed E-state index contributed by atoms with van der Waals surface area (Å²) in [6.07, 6.45) is 15.7. The van der Waals surface area contributed by atoms with Gasteiger partial charge in [0.15, 0.2) is 0 Å². The van der Waals surface area contributed by atoms with Gasteiger partial charge in [-0.3, -0.25) is 0 Å². The molecule has 2 atom stereocenters. The highest BCUT2D eigenvalue weighted by Gasteiger charge is 2.34. The fourth-order valence-corrected chi connectivity index (χ4v) is 4.19. The maximum absolute atomic E-state index is 12.8. The van der Waals surface area contributed by atoms with Crippen molar-refractivity contribution in [2.75, 3.05) is 13.2 Å². The summed E-state index contributed by atoms with van der Waals surface area (Å²) in [5.74, 6) is -0.520. The van der Waals surface area contributed by atoms with E-state index >= 15 is 0 Å². The fourth-order valence-electron chi connectivity index (χ4n) is 4.19. The molecule has 0 saturated heterocycles. The smallest absolute Gasteiger partial charge is 0.334 e. The molecule has 174 valence electrons. The Hall–Kier alpha value is -1.32. The van der Waals surface area contributed by atoms with Gasteiger partial charge in [-0.25, -0.2) is 9.59 Å². The van der Waals surface area contributed by atoms with Gasteiger partial charge in [-0.05, 0) is 37.5 Å². The Labute approximate surface area is 185 Å². The molecule has 0 spiro atoms. The molecule has 0 fully saturated rings. The molecule has 0 N–H and O–H groups in total. The zero-order valence-electron chi connectivity index (χ0n) is 20.1. The molecule has 30 heavy (non-hydrogen) atoms. The third-order valence-corrected chi connectivity index (χ3v) is 6.21. The zero-order valence-corrected chi connectivity index (χ0v) is 20.1. The normalized spacial score (nSPS) is 19.1. The fraction of sp³-hybridized carbons (Fsp3) is 0.846. The van der Waals surface area contributed by atoms with Crippen LogP contribution in [0.25, 0.3) is 0 Å². The molecule has 4 heteroatoms. The van der Waals surface area contributed by atoms with Gasteiger partial charge in [0.2, 0.25) is 0 Å². The summed E-state index contributed by atoms with van der Waals surface area (Å²) in [7, 11) is 0. The molecule has 0 bridgehead atoms. The topological polar surface area (TPSA) is 52.6 Å². The highest BCUT2D eigenvalue weighted by atomic mass is 16.5. The SMILES string of the molecule is CCCCCCCCOC(=O)C1=C(C(=O)OCCCCCCCC)C(C)CCC1C. The number of esters is 2. The van der Waals surface area contributed by atoms with Crippen molar-refractivity contribution in [1.82, 2.24) is 0 Å². The summed E-state index contributed by atoms with van der Waals surface area (Å²) in [6, 6.07) is 0. The first-order chi connectivity index (χ1) is 14.5. The van der Waals surface area contributed by atoms with E-state index in [2.05, 4.69) is 13.8 Å². The molecule has 1 rings (SSSR count). The van der Waals surface area contributed by atoms with E-state index in [1.54, 1.807) is 0 Å². The van der Waals surface area contributed by atoms with Crippen LogP contribution < -0.4 is 0 Å². The summed E-state index contributed by atoms with van der Waals surface area (Å²) in [4.78, 5) is 25.6. The van der Waals surface area contributed by atoms with Crippen LogP contribution in [-0.4, -0.2) is 25.2 Å². The van der Waals surface area contributed by atoms with Crippen molar-refractivity contribution in [2.24, 2.45) is 11.8 Å². The molecule has 0 aromatic heterocycles. The Kier molecular flexibility index (Phi) is 14.6. The third kappa shape index (κ3) is 10.1. The monoisotopic (exact) mass is 422 g/mol. The van der Waals surface area contributed by atoms with E-state index in [-0.39, 0.29) is 23.8 Å². The van der Waals surface area contributed by atoms with Crippen LogP contribution in [0.15, 0.2) is 11.1 Å². The molecule has 0 aliphatic heterocycles. The summed E-state index contributed by atoms with van der Waals surface area (Å²) in [6.45, 7) is 9.34. The number of unbranched alkanes of at least 4 members (excludes halogenated alkanes) is 10. The predicted molar refractivity (Wildman–Crippen MR) is 123 cm³/mol. The van der Waals surface area contributed by atoms with E-state index in [0.29, 0.717) is 24.4 Å². The molecule has 4 nitrogen and oxygen atoms in total. The minimum atomic E-state index is -0.311. The Bertz CT molecular complexity index is 477. The van der Waals surface area contributed by atoms with Gasteiger partial charge in [0.05, 0.1) is 24.4 Å². The second kappa shape index (κ2) is 16.4. The van der Waals surface area contributed by atoms with Crippen LogP contribution in [0.3, 0.4) is 0 Å². The van der Waals surface area contributed by atoms with E-state index in [1.165, 1.54) is 51.4 Å². The molecule has 1 aliphatic carbocycles. The number of carbonyl (C=O) groups excluding carboxylic acids is 2. The van der Waals surface area contributed by atoms with Crippen molar-refractivity contribution in [1.29, 1.82) is 0 Å². The zero-order chi connectivity index (χ0) is 22.2. The average molecular weight is 423 g/mol. The number of rotatable bonds is 16. The van der Waals surface area contributed by atoms with E-state index in [4.69, 9.17) is 9.47 Å². The van der Waals surface area contributed by atoms with E-state index in [1.807, 2.05) is 13.8 Å². The Balaban J connectivity index is 2.54. The summed E-state index contributed by atoms with van der Waals surface area (Å²) < 4.78 is 11.1. The number of hydrogen-bond acceptors (Lipinski definition) is 4. The van der Waals surface area contributed by atoms with E-state index in [9.17, 15) is 9.59 Å². The largest absolute Gasteiger partial charge is 0.462 e. The molecule has 0 aromatic carbocycles. The van der Waals surface area contributed by atoms with Crippen molar-refractivity contribution >= 4 is 11.9 Å². The quantitative estimate of drug-likeness (QED) is 0.196. The first kappa shape index (κ1) is 26.7. The Morgan fingerprint density at radius 2 is 0.967 bits per heavy atom. The molecular weight excluding hydrogens is 376 g/mol. The molecular formula is C26H46O4. The maximum Gasteiger partial charge on any atom is 0.334 e. The first-order valence-corrected chi connectivity index (χ1v) is 12.6. The first-order valence-electron chi connectivity index (χ1n) is 12.6. The Morgan fingerprint density at radius 3 is 1.33 bits per heavy atom. The van der Waals surface area contributed by atoms with Crippen molar-refractivity contribution in [3.05, 3.63) is 11.1 Å². The lowest BCUT2D eigenvalue weighted by Gasteiger charge is -2.28. The molecule has 0 radical (unpaired) electrons. The summed E-state index contributed by atoms with van der Waals surface area (Å²) in [5, 5.41) is 0. The van der Waals surface area contributed by atoms with Crippen molar-refractivity contribution < 1.29 is 19.1 Å². The lowest BCUT2D eigenvalue weighted by molar-refractivity contribution is -0.143. The van der Waals surface area contributed by atoms with Crippen LogP contribution in [0.5, 0.6) is 0 Å². The lowest BCUT2D eigenvalue weighted by atomic mass is 9.78. The molecule has 0 saturated carbocycles. The molecule has 0 aromatic rings. The molecule has 0 heterocycles. The second-order valence-corrected chi connectivity index (χ2v) is 9.01. The molecule has 1 aliphatic rings. The van der Waals surface area contributed by atoms with Gasteiger partial charge >= 0.3 is 11.9 Å². The predicted octanol–water partition coefficient (Wildman–Crippen LogP) is 7.16. The van der Waals surface area contributed by atoms with Crippen LogP contribution in [0.4, 0.5) is 0 Å². The molecule has 0 amide bonds. The number of ether oxygens (including phenoxy) is 2. The highest BCUT2D eigenvalue weighted by Crippen LogP contribution is 2.35. The summed E-state index contributed by atoms with van der Waals surface area (Å²) >= 11 is 0. The second-order valence-electron chi connectivity index (χ2n) is 9.01. The average Bonchev–Trinajstić information content (AvgIpc) is 2.73. The number of carbonyl (C=O) groups is 2. The third-order valence-electron chi connectivity index (χ3n) is 6.21. The highest BCUT2D eigenvalue weighted by molar-refractivity contribution is 6.01. The van der Waals surface area contributed by atoms with Gasteiger partial charge in [-0.15, -0.1) is 0 Å². The van der Waals surface area contributed by atoms with E-state index < -0.39 is 0 Å².